The van der Waals surface area contributed by atoms with Crippen LogP contribution >= 0.6 is 15.9 Å². The summed E-state index contributed by atoms with van der Waals surface area (Å²) in [6, 6.07) is 4.12. The molecule has 5 heteroatoms. The maximum Gasteiger partial charge on any atom is 0.251 e. The monoisotopic (exact) mass is 303 g/mol. The molecule has 3 nitrogen and oxygen atoms in total. The highest BCUT2D eigenvalue weighted by Crippen LogP contribution is 2.16. The van der Waals surface area contributed by atoms with Crippen LogP contribution in [0.5, 0.6) is 0 Å². The van der Waals surface area contributed by atoms with Crippen LogP contribution in [-0.2, 0) is 0 Å². The summed E-state index contributed by atoms with van der Waals surface area (Å²) in [6.07, 6.45) is 1.01. The van der Waals surface area contributed by atoms with Crippen molar-refractivity contribution in [2.45, 2.75) is 25.9 Å². The molecule has 17 heavy (non-hydrogen) atoms. The number of benzene rings is 1. The zero-order chi connectivity index (χ0) is 12.8. The van der Waals surface area contributed by atoms with E-state index in [9.17, 15) is 9.18 Å². The molecule has 0 radical (unpaired) electrons. The number of hydrogen-bond acceptors (Lipinski definition) is 2. The Labute approximate surface area is 108 Å². The van der Waals surface area contributed by atoms with Gasteiger partial charge < -0.3 is 10.4 Å². The second-order valence-electron chi connectivity index (χ2n) is 3.88. The van der Waals surface area contributed by atoms with Crippen molar-refractivity contribution in [1.82, 2.24) is 5.32 Å². The summed E-state index contributed by atoms with van der Waals surface area (Å²) in [5.74, 6) is -0.632. The average molecular weight is 304 g/mol. The Morgan fingerprint density at radius 1 is 1.59 bits per heavy atom. The topological polar surface area (TPSA) is 49.3 Å². The summed E-state index contributed by atoms with van der Waals surface area (Å²) in [6.45, 7) is 2.21. The zero-order valence-corrected chi connectivity index (χ0v) is 11.1. The second-order valence-corrected chi connectivity index (χ2v) is 4.73. The van der Waals surface area contributed by atoms with E-state index in [0.717, 1.165) is 0 Å². The largest absolute Gasteiger partial charge is 0.393 e. The van der Waals surface area contributed by atoms with Gasteiger partial charge in [-0.3, -0.25) is 4.79 Å². The lowest BCUT2D eigenvalue weighted by atomic mass is 10.2. The van der Waals surface area contributed by atoms with Crippen molar-refractivity contribution >= 4 is 21.8 Å². The van der Waals surface area contributed by atoms with E-state index in [0.29, 0.717) is 24.9 Å². The van der Waals surface area contributed by atoms with Crippen LogP contribution < -0.4 is 5.32 Å². The first kappa shape index (κ1) is 14.1. The SMILES string of the molecule is CC(O)CCCNC(=O)c1ccc(F)c(Br)c1. The number of aliphatic hydroxyl groups excluding tert-OH is 1. The van der Waals surface area contributed by atoms with E-state index in [1.54, 1.807) is 6.92 Å². The van der Waals surface area contributed by atoms with Gasteiger partial charge >= 0.3 is 0 Å². The summed E-state index contributed by atoms with van der Waals surface area (Å²) in [7, 11) is 0. The summed E-state index contributed by atoms with van der Waals surface area (Å²) in [4.78, 5) is 11.6. The molecule has 0 bridgehead atoms. The Bertz CT molecular complexity index is 396. The molecular formula is C12H15BrFNO2. The van der Waals surface area contributed by atoms with Gasteiger partial charge in [0.25, 0.3) is 5.91 Å². The van der Waals surface area contributed by atoms with Crippen molar-refractivity contribution in [2.24, 2.45) is 0 Å². The number of carbonyl (C=O) groups is 1. The molecule has 0 aliphatic heterocycles. The number of hydrogen-bond donors (Lipinski definition) is 2. The Morgan fingerprint density at radius 3 is 2.88 bits per heavy atom. The van der Waals surface area contributed by atoms with Gasteiger partial charge in [0.1, 0.15) is 5.82 Å². The average Bonchev–Trinajstić information content (AvgIpc) is 2.27. The maximum absolute atomic E-state index is 13.0. The van der Waals surface area contributed by atoms with E-state index in [1.165, 1.54) is 18.2 Å². The van der Waals surface area contributed by atoms with Gasteiger partial charge in [0.2, 0.25) is 0 Å². The molecule has 1 unspecified atom stereocenters. The van der Waals surface area contributed by atoms with Crippen LogP contribution in [0.25, 0.3) is 0 Å². The third kappa shape index (κ3) is 4.83. The van der Waals surface area contributed by atoms with Gasteiger partial charge in [-0.15, -0.1) is 0 Å². The summed E-state index contributed by atoms with van der Waals surface area (Å²) in [5.41, 5.74) is 0.412. The molecule has 0 aliphatic rings. The molecule has 0 saturated carbocycles. The van der Waals surface area contributed by atoms with Gasteiger partial charge in [-0.1, -0.05) is 0 Å². The van der Waals surface area contributed by atoms with Gasteiger partial charge in [0, 0.05) is 12.1 Å². The van der Waals surface area contributed by atoms with Gasteiger partial charge in [-0.05, 0) is 53.9 Å². The first-order chi connectivity index (χ1) is 8.00. The number of rotatable bonds is 5. The molecule has 1 atom stereocenters. The van der Waals surface area contributed by atoms with E-state index in [-0.39, 0.29) is 16.5 Å². The molecule has 1 amide bonds. The highest BCUT2D eigenvalue weighted by atomic mass is 79.9. The summed E-state index contributed by atoms with van der Waals surface area (Å²) >= 11 is 3.03. The predicted molar refractivity (Wildman–Crippen MR) is 67.3 cm³/mol. The molecule has 0 aliphatic carbocycles. The summed E-state index contributed by atoms with van der Waals surface area (Å²) in [5, 5.41) is 11.7. The van der Waals surface area contributed by atoms with E-state index in [4.69, 9.17) is 5.11 Å². The van der Waals surface area contributed by atoms with Crippen molar-refractivity contribution < 1.29 is 14.3 Å². The highest BCUT2D eigenvalue weighted by molar-refractivity contribution is 9.10. The molecule has 2 N–H and O–H groups in total. The Kier molecular flexibility index (Phi) is 5.58. The van der Waals surface area contributed by atoms with E-state index < -0.39 is 5.82 Å². The first-order valence-corrected chi connectivity index (χ1v) is 6.21. The molecule has 0 spiro atoms. The standard InChI is InChI=1S/C12H15BrFNO2/c1-8(16)3-2-6-15-12(17)9-4-5-11(14)10(13)7-9/h4-5,7-8,16H,2-3,6H2,1H3,(H,15,17). The Morgan fingerprint density at radius 2 is 2.29 bits per heavy atom. The minimum atomic E-state index is -0.393. The number of aliphatic hydroxyl groups is 1. The number of amides is 1. The molecular weight excluding hydrogens is 289 g/mol. The van der Waals surface area contributed by atoms with Crippen LogP contribution in [0.15, 0.2) is 22.7 Å². The minimum absolute atomic E-state index is 0.240. The molecule has 0 saturated heterocycles. The van der Waals surface area contributed by atoms with Crippen LogP contribution in [0.4, 0.5) is 4.39 Å². The Balaban J connectivity index is 2.44. The van der Waals surface area contributed by atoms with Crippen LogP contribution in [0.2, 0.25) is 0 Å². The maximum atomic E-state index is 13.0. The highest BCUT2D eigenvalue weighted by Gasteiger charge is 2.07. The van der Waals surface area contributed by atoms with Crippen molar-refractivity contribution in [2.75, 3.05) is 6.54 Å². The predicted octanol–water partition coefficient (Wildman–Crippen LogP) is 2.48. The molecule has 0 fully saturated rings. The number of carbonyl (C=O) groups excluding carboxylic acids is 1. The normalized spacial score (nSPS) is 12.2. The molecule has 1 aromatic rings. The lowest BCUT2D eigenvalue weighted by molar-refractivity contribution is 0.0949. The first-order valence-electron chi connectivity index (χ1n) is 5.42. The van der Waals surface area contributed by atoms with Crippen molar-refractivity contribution in [3.8, 4) is 0 Å². The second kappa shape index (κ2) is 6.71. The zero-order valence-electron chi connectivity index (χ0n) is 9.54. The van der Waals surface area contributed by atoms with Crippen LogP contribution in [0.3, 0.4) is 0 Å². The molecule has 0 heterocycles. The lowest BCUT2D eigenvalue weighted by Gasteiger charge is -2.07. The third-order valence-electron chi connectivity index (χ3n) is 2.27. The van der Waals surface area contributed by atoms with Crippen LogP contribution in [0, 0.1) is 5.82 Å². The van der Waals surface area contributed by atoms with E-state index in [1.807, 2.05) is 0 Å². The minimum Gasteiger partial charge on any atom is -0.393 e. The third-order valence-corrected chi connectivity index (χ3v) is 2.87. The van der Waals surface area contributed by atoms with Gasteiger partial charge in [-0.25, -0.2) is 4.39 Å². The van der Waals surface area contributed by atoms with Crippen LogP contribution in [-0.4, -0.2) is 23.7 Å². The fourth-order valence-corrected chi connectivity index (χ4v) is 1.72. The summed E-state index contributed by atoms with van der Waals surface area (Å²) < 4.78 is 13.2. The number of nitrogens with one attached hydrogen (secondary N) is 1. The lowest BCUT2D eigenvalue weighted by Crippen LogP contribution is -2.25. The quantitative estimate of drug-likeness (QED) is 0.821. The van der Waals surface area contributed by atoms with E-state index >= 15 is 0 Å². The molecule has 1 rings (SSSR count). The van der Waals surface area contributed by atoms with Crippen LogP contribution in [0.1, 0.15) is 30.1 Å². The molecule has 1 aromatic carbocycles. The Hall–Kier alpha value is -0.940. The fourth-order valence-electron chi connectivity index (χ4n) is 1.34. The van der Waals surface area contributed by atoms with E-state index in [2.05, 4.69) is 21.2 Å². The van der Waals surface area contributed by atoms with Gasteiger partial charge in [-0.2, -0.15) is 0 Å². The van der Waals surface area contributed by atoms with Gasteiger partial charge in [0.05, 0.1) is 10.6 Å². The molecule has 94 valence electrons. The molecule has 0 aromatic heterocycles. The number of halogens is 2. The van der Waals surface area contributed by atoms with Crippen molar-refractivity contribution in [1.29, 1.82) is 0 Å². The smallest absolute Gasteiger partial charge is 0.251 e. The van der Waals surface area contributed by atoms with Gasteiger partial charge in [0.15, 0.2) is 0 Å². The fraction of sp³-hybridized carbons (Fsp3) is 0.417. The van der Waals surface area contributed by atoms with Crippen molar-refractivity contribution in [3.63, 3.8) is 0 Å². The van der Waals surface area contributed by atoms with Crippen molar-refractivity contribution in [3.05, 3.63) is 34.1 Å².